The lowest BCUT2D eigenvalue weighted by Gasteiger charge is -2.08. The summed E-state index contributed by atoms with van der Waals surface area (Å²) >= 11 is 14.4. The number of nitrogens with zero attached hydrogens (tertiary/aromatic N) is 5. The van der Waals surface area contributed by atoms with Crippen molar-refractivity contribution < 1.29 is 9.59 Å². The number of benzene rings is 1. The molecule has 2 heterocycles. The highest BCUT2D eigenvalue weighted by molar-refractivity contribution is 7.99. The summed E-state index contributed by atoms with van der Waals surface area (Å²) in [5, 5.41) is 22.3. The molecule has 9 nitrogen and oxygen atoms in total. The van der Waals surface area contributed by atoms with Gasteiger partial charge in [-0.25, -0.2) is 0 Å². The zero-order chi connectivity index (χ0) is 20.1. The Morgan fingerprint density at radius 3 is 2.75 bits per heavy atom. The number of nitrogens with one attached hydrogen (secondary N) is 2. The normalized spacial score (nSPS) is 10.7. The third kappa shape index (κ3) is 5.19. The van der Waals surface area contributed by atoms with E-state index >= 15 is 0 Å². The van der Waals surface area contributed by atoms with E-state index in [1.54, 1.807) is 29.8 Å². The molecular weight excluding hydrogens is 445 g/mol. The lowest BCUT2D eigenvalue weighted by molar-refractivity contribution is -0.116. The Bertz CT molecular complexity index is 994. The van der Waals surface area contributed by atoms with Crippen molar-refractivity contribution in [3.8, 4) is 0 Å². The van der Waals surface area contributed by atoms with Gasteiger partial charge >= 0.3 is 0 Å². The number of hydrogen-bond acceptors (Lipinski definition) is 8. The van der Waals surface area contributed by atoms with Crippen LogP contribution in [0.25, 0.3) is 0 Å². The zero-order valence-electron chi connectivity index (χ0n) is 14.3. The van der Waals surface area contributed by atoms with Crippen molar-refractivity contribution in [1.29, 1.82) is 0 Å². The van der Waals surface area contributed by atoms with Crippen LogP contribution in [0.5, 0.6) is 0 Å². The average Bonchev–Trinajstić information content (AvgIpc) is 3.28. The molecule has 146 valence electrons. The first-order valence-corrected chi connectivity index (χ1v) is 10.4. The van der Waals surface area contributed by atoms with Crippen LogP contribution >= 0.6 is 46.3 Å². The molecule has 0 saturated carbocycles. The number of aromatic nitrogens is 5. The van der Waals surface area contributed by atoms with Crippen LogP contribution in [0.15, 0.2) is 28.9 Å². The summed E-state index contributed by atoms with van der Waals surface area (Å²) in [7, 11) is 1.72. The SMILES string of the molecule is Cn1c(CC(=O)Nc2cccc(Cl)c2Cl)nnc1SCC(=O)Nc1nncs1. The number of halogens is 2. The Balaban J connectivity index is 1.55. The van der Waals surface area contributed by atoms with Gasteiger partial charge in [-0.1, -0.05) is 52.4 Å². The van der Waals surface area contributed by atoms with E-state index in [1.165, 1.54) is 28.6 Å². The standard InChI is InChI=1S/C15H13Cl2N7O2S2/c1-24-10(5-11(25)19-9-4-2-3-8(16)13(9)17)21-23-15(24)27-6-12(26)20-14-22-18-7-28-14/h2-4,7H,5-6H2,1H3,(H,19,25)(H,20,22,26). The molecule has 1 aromatic carbocycles. The number of thioether (sulfide) groups is 1. The second-order valence-corrected chi connectivity index (χ2v) is 7.93. The molecule has 0 aliphatic heterocycles. The van der Waals surface area contributed by atoms with Crippen molar-refractivity contribution >= 4 is 68.9 Å². The molecule has 3 aromatic rings. The van der Waals surface area contributed by atoms with Crippen molar-refractivity contribution in [2.24, 2.45) is 7.05 Å². The third-order valence-electron chi connectivity index (χ3n) is 3.41. The maximum atomic E-state index is 12.3. The van der Waals surface area contributed by atoms with Crippen LogP contribution in [0.3, 0.4) is 0 Å². The molecule has 0 unspecified atom stereocenters. The monoisotopic (exact) mass is 457 g/mol. The van der Waals surface area contributed by atoms with E-state index in [1.807, 2.05) is 0 Å². The first-order valence-electron chi connectivity index (χ1n) is 7.75. The van der Waals surface area contributed by atoms with Crippen LogP contribution in [0.1, 0.15) is 5.82 Å². The van der Waals surface area contributed by atoms with Crippen molar-refractivity contribution in [3.63, 3.8) is 0 Å². The fourth-order valence-corrected chi connectivity index (χ4v) is 3.61. The predicted octanol–water partition coefficient (Wildman–Crippen LogP) is 2.89. The maximum absolute atomic E-state index is 12.3. The highest BCUT2D eigenvalue weighted by atomic mass is 35.5. The Kier molecular flexibility index (Phi) is 6.83. The van der Waals surface area contributed by atoms with Crippen molar-refractivity contribution in [2.75, 3.05) is 16.4 Å². The average molecular weight is 458 g/mol. The zero-order valence-corrected chi connectivity index (χ0v) is 17.5. The van der Waals surface area contributed by atoms with E-state index < -0.39 is 0 Å². The predicted molar refractivity (Wildman–Crippen MR) is 109 cm³/mol. The summed E-state index contributed by atoms with van der Waals surface area (Å²) in [5.41, 5.74) is 1.95. The van der Waals surface area contributed by atoms with E-state index in [2.05, 4.69) is 31.0 Å². The summed E-state index contributed by atoms with van der Waals surface area (Å²) in [6, 6.07) is 4.97. The lowest BCUT2D eigenvalue weighted by Crippen LogP contribution is -2.17. The van der Waals surface area contributed by atoms with E-state index in [-0.39, 0.29) is 29.0 Å². The van der Waals surface area contributed by atoms with Gasteiger partial charge in [-0.05, 0) is 12.1 Å². The Labute approximate surface area is 177 Å². The number of carbonyl (C=O) groups excluding carboxylic acids is 2. The van der Waals surface area contributed by atoms with Crippen molar-refractivity contribution in [3.05, 3.63) is 39.6 Å². The molecule has 2 N–H and O–H groups in total. The van der Waals surface area contributed by atoms with Crippen LogP contribution in [0.4, 0.5) is 10.8 Å². The summed E-state index contributed by atoms with van der Waals surface area (Å²) < 4.78 is 1.65. The molecule has 0 saturated heterocycles. The summed E-state index contributed by atoms with van der Waals surface area (Å²) in [5.74, 6) is 0.0168. The molecule has 0 radical (unpaired) electrons. The smallest absolute Gasteiger partial charge is 0.236 e. The lowest BCUT2D eigenvalue weighted by atomic mass is 10.3. The van der Waals surface area contributed by atoms with E-state index in [4.69, 9.17) is 23.2 Å². The minimum absolute atomic E-state index is 0.0100. The molecule has 28 heavy (non-hydrogen) atoms. The second kappa shape index (κ2) is 9.32. The minimum atomic E-state index is -0.315. The third-order valence-corrected chi connectivity index (χ3v) is 5.85. The summed E-state index contributed by atoms with van der Waals surface area (Å²) in [4.78, 5) is 24.2. The molecule has 13 heteroatoms. The van der Waals surface area contributed by atoms with Gasteiger partial charge in [0, 0.05) is 7.05 Å². The summed E-state index contributed by atoms with van der Waals surface area (Å²) in [6.45, 7) is 0. The van der Waals surface area contributed by atoms with Gasteiger partial charge in [0.05, 0.1) is 27.9 Å². The number of carbonyl (C=O) groups is 2. The van der Waals surface area contributed by atoms with Crippen molar-refractivity contribution in [2.45, 2.75) is 11.6 Å². The van der Waals surface area contributed by atoms with Crippen molar-refractivity contribution in [1.82, 2.24) is 25.0 Å². The quantitative estimate of drug-likeness (QED) is 0.523. The Hall–Kier alpha value is -2.21. The highest BCUT2D eigenvalue weighted by Crippen LogP contribution is 2.29. The van der Waals surface area contributed by atoms with Gasteiger partial charge in [0.15, 0.2) is 5.16 Å². The van der Waals surface area contributed by atoms with Crippen LogP contribution in [-0.4, -0.2) is 42.5 Å². The molecule has 0 spiro atoms. The van der Waals surface area contributed by atoms with Gasteiger partial charge in [0.25, 0.3) is 0 Å². The fraction of sp³-hybridized carbons (Fsp3) is 0.200. The second-order valence-electron chi connectivity index (χ2n) is 5.36. The Morgan fingerprint density at radius 2 is 2.00 bits per heavy atom. The van der Waals surface area contributed by atoms with E-state index in [0.29, 0.717) is 26.8 Å². The number of rotatable bonds is 7. The Morgan fingerprint density at radius 1 is 1.18 bits per heavy atom. The largest absolute Gasteiger partial charge is 0.324 e. The van der Waals surface area contributed by atoms with Crippen LogP contribution in [-0.2, 0) is 23.1 Å². The molecule has 0 fully saturated rings. The first-order chi connectivity index (χ1) is 13.4. The van der Waals surface area contributed by atoms with Gasteiger partial charge in [0.2, 0.25) is 16.9 Å². The fourth-order valence-electron chi connectivity index (χ4n) is 2.08. The molecule has 0 atom stereocenters. The maximum Gasteiger partial charge on any atom is 0.236 e. The number of amides is 2. The van der Waals surface area contributed by atoms with Gasteiger partial charge in [0.1, 0.15) is 11.3 Å². The molecule has 3 rings (SSSR count). The molecule has 2 aromatic heterocycles. The van der Waals surface area contributed by atoms with Gasteiger partial charge in [-0.3, -0.25) is 14.9 Å². The molecule has 0 aliphatic carbocycles. The van der Waals surface area contributed by atoms with Crippen LogP contribution in [0.2, 0.25) is 10.0 Å². The van der Waals surface area contributed by atoms with Gasteiger partial charge in [-0.2, -0.15) is 0 Å². The molecule has 2 amide bonds. The van der Waals surface area contributed by atoms with Crippen LogP contribution < -0.4 is 10.6 Å². The minimum Gasteiger partial charge on any atom is -0.324 e. The topological polar surface area (TPSA) is 115 Å². The first kappa shape index (κ1) is 20.5. The summed E-state index contributed by atoms with van der Waals surface area (Å²) in [6.07, 6.45) is -0.0100. The number of anilines is 2. The highest BCUT2D eigenvalue weighted by Gasteiger charge is 2.16. The van der Waals surface area contributed by atoms with Crippen LogP contribution in [0, 0.1) is 0 Å². The molecule has 0 bridgehead atoms. The number of hydrogen-bond donors (Lipinski definition) is 2. The van der Waals surface area contributed by atoms with E-state index in [0.717, 1.165) is 0 Å². The van der Waals surface area contributed by atoms with E-state index in [9.17, 15) is 9.59 Å². The molecule has 0 aliphatic rings. The molecular formula is C15H13Cl2N7O2S2. The van der Waals surface area contributed by atoms with Gasteiger partial charge in [-0.15, -0.1) is 20.4 Å². The van der Waals surface area contributed by atoms with Gasteiger partial charge < -0.3 is 9.88 Å².